The van der Waals surface area contributed by atoms with Crippen LogP contribution in [-0.2, 0) is 0 Å². The smallest absolute Gasteiger partial charge is 0.159 e. The van der Waals surface area contributed by atoms with Crippen molar-refractivity contribution >= 4 is 0 Å². The van der Waals surface area contributed by atoms with Gasteiger partial charge in [-0.25, -0.2) is 18.7 Å². The van der Waals surface area contributed by atoms with E-state index in [1.54, 1.807) is 12.4 Å². The Hall–Kier alpha value is -2.62. The highest BCUT2D eigenvalue weighted by Gasteiger charge is 2.21. The largest absolute Gasteiger partial charge is 0.236 e. The van der Waals surface area contributed by atoms with Gasteiger partial charge in [0, 0.05) is 23.5 Å². The maximum atomic E-state index is 13.4. The molecule has 4 heteroatoms. The van der Waals surface area contributed by atoms with Crippen molar-refractivity contribution < 1.29 is 8.78 Å². The lowest BCUT2D eigenvalue weighted by Crippen LogP contribution is -2.12. The zero-order valence-electron chi connectivity index (χ0n) is 16.0. The lowest BCUT2D eigenvalue weighted by atomic mass is 9.78. The third-order valence-corrected chi connectivity index (χ3v) is 5.97. The molecule has 0 N–H and O–H groups in total. The summed E-state index contributed by atoms with van der Waals surface area (Å²) in [5, 5.41) is 0. The van der Waals surface area contributed by atoms with Crippen LogP contribution in [0.2, 0.25) is 0 Å². The molecule has 1 heterocycles. The zero-order valence-corrected chi connectivity index (χ0v) is 16.0. The van der Waals surface area contributed by atoms with Crippen LogP contribution in [0.4, 0.5) is 8.78 Å². The number of rotatable bonds is 4. The fourth-order valence-corrected chi connectivity index (χ4v) is 4.11. The minimum absolute atomic E-state index is 0.381. The van der Waals surface area contributed by atoms with Gasteiger partial charge >= 0.3 is 0 Å². The first-order valence-corrected chi connectivity index (χ1v) is 10.0. The average Bonchev–Trinajstić information content (AvgIpc) is 2.76. The van der Waals surface area contributed by atoms with E-state index >= 15 is 0 Å². The number of benzene rings is 2. The first-order chi connectivity index (χ1) is 13.6. The fourth-order valence-electron chi connectivity index (χ4n) is 4.11. The third-order valence-electron chi connectivity index (χ3n) is 5.97. The van der Waals surface area contributed by atoms with Gasteiger partial charge in [-0.1, -0.05) is 37.6 Å². The summed E-state index contributed by atoms with van der Waals surface area (Å²) in [6, 6.07) is 12.4. The second-order valence-electron chi connectivity index (χ2n) is 7.67. The van der Waals surface area contributed by atoms with E-state index in [9.17, 15) is 8.78 Å². The molecule has 0 spiro atoms. The summed E-state index contributed by atoms with van der Waals surface area (Å²) in [5.74, 6) is 0.189. The highest BCUT2D eigenvalue weighted by atomic mass is 19.2. The van der Waals surface area contributed by atoms with Gasteiger partial charge in [0.2, 0.25) is 0 Å². The molecule has 0 radical (unpaired) electrons. The van der Waals surface area contributed by atoms with E-state index in [0.717, 1.165) is 29.2 Å². The Morgan fingerprint density at radius 3 is 2.04 bits per heavy atom. The van der Waals surface area contributed by atoms with Gasteiger partial charge in [0.05, 0.1) is 0 Å². The normalized spacial score (nSPS) is 19.5. The SMILES string of the molecule is CC[C@H]1CC[C@H](c2ccc(-c3cnc(-c4ccc(F)c(F)c4)nc3)cc2)CC1. The molecule has 0 bridgehead atoms. The Balaban J connectivity index is 1.48. The van der Waals surface area contributed by atoms with E-state index in [-0.39, 0.29) is 0 Å². The van der Waals surface area contributed by atoms with Gasteiger partial charge in [-0.3, -0.25) is 0 Å². The van der Waals surface area contributed by atoms with Crippen LogP contribution in [-0.4, -0.2) is 9.97 Å². The molecule has 1 aromatic heterocycles. The molecule has 2 aromatic carbocycles. The van der Waals surface area contributed by atoms with Gasteiger partial charge in [0.25, 0.3) is 0 Å². The standard InChI is InChI=1S/C24H24F2N2/c1-2-16-3-5-17(6-4-16)18-7-9-19(10-8-18)21-14-27-24(28-15-21)20-11-12-22(25)23(26)13-20/h7-17H,2-6H2,1H3/t16-,17-. The Morgan fingerprint density at radius 2 is 1.43 bits per heavy atom. The monoisotopic (exact) mass is 378 g/mol. The molecular formula is C24H24F2N2. The molecule has 28 heavy (non-hydrogen) atoms. The predicted molar refractivity (Wildman–Crippen MR) is 108 cm³/mol. The van der Waals surface area contributed by atoms with Crippen molar-refractivity contribution in [3.63, 3.8) is 0 Å². The molecule has 1 aliphatic carbocycles. The Morgan fingerprint density at radius 1 is 0.786 bits per heavy atom. The first-order valence-electron chi connectivity index (χ1n) is 10.0. The zero-order chi connectivity index (χ0) is 19.5. The van der Waals surface area contributed by atoms with E-state index in [0.29, 0.717) is 17.3 Å². The van der Waals surface area contributed by atoms with Crippen molar-refractivity contribution in [2.45, 2.75) is 44.9 Å². The molecule has 0 unspecified atom stereocenters. The quantitative estimate of drug-likeness (QED) is 0.500. The molecule has 0 amide bonds. The van der Waals surface area contributed by atoms with Crippen molar-refractivity contribution in [1.29, 1.82) is 0 Å². The highest BCUT2D eigenvalue weighted by molar-refractivity contribution is 5.64. The second kappa shape index (κ2) is 8.17. The van der Waals surface area contributed by atoms with Crippen LogP contribution in [0.3, 0.4) is 0 Å². The lowest BCUT2D eigenvalue weighted by Gasteiger charge is -2.28. The molecule has 1 aliphatic rings. The van der Waals surface area contributed by atoms with Crippen LogP contribution in [0.25, 0.3) is 22.5 Å². The van der Waals surface area contributed by atoms with Gasteiger partial charge in [0.15, 0.2) is 17.5 Å². The van der Waals surface area contributed by atoms with Crippen LogP contribution in [0.15, 0.2) is 54.9 Å². The maximum Gasteiger partial charge on any atom is 0.159 e. The molecule has 1 fully saturated rings. The number of aromatic nitrogens is 2. The van der Waals surface area contributed by atoms with E-state index < -0.39 is 11.6 Å². The molecule has 0 aliphatic heterocycles. The van der Waals surface area contributed by atoms with Gasteiger partial charge in [-0.2, -0.15) is 0 Å². The number of nitrogens with zero attached hydrogens (tertiary/aromatic N) is 2. The molecular weight excluding hydrogens is 354 g/mol. The van der Waals surface area contributed by atoms with Crippen molar-refractivity contribution in [1.82, 2.24) is 9.97 Å². The van der Waals surface area contributed by atoms with E-state index in [2.05, 4.69) is 41.2 Å². The third kappa shape index (κ3) is 3.96. The molecule has 0 atom stereocenters. The summed E-state index contributed by atoms with van der Waals surface area (Å²) in [6.07, 6.45) is 9.99. The van der Waals surface area contributed by atoms with Crippen LogP contribution >= 0.6 is 0 Å². The number of hydrogen-bond acceptors (Lipinski definition) is 2. The van der Waals surface area contributed by atoms with Crippen molar-refractivity contribution in [2.24, 2.45) is 5.92 Å². The molecule has 3 aromatic rings. The van der Waals surface area contributed by atoms with E-state index in [1.807, 2.05) is 0 Å². The van der Waals surface area contributed by atoms with Crippen LogP contribution in [0.5, 0.6) is 0 Å². The van der Waals surface area contributed by atoms with Crippen molar-refractivity contribution in [3.8, 4) is 22.5 Å². The minimum Gasteiger partial charge on any atom is -0.236 e. The summed E-state index contributed by atoms with van der Waals surface area (Å²) < 4.78 is 26.5. The van der Waals surface area contributed by atoms with Crippen molar-refractivity contribution in [3.05, 3.63) is 72.1 Å². The summed E-state index contributed by atoms with van der Waals surface area (Å²) >= 11 is 0. The summed E-state index contributed by atoms with van der Waals surface area (Å²) in [7, 11) is 0. The van der Waals surface area contributed by atoms with Crippen molar-refractivity contribution in [2.75, 3.05) is 0 Å². The van der Waals surface area contributed by atoms with Crippen LogP contribution in [0, 0.1) is 17.6 Å². The Labute approximate surface area is 164 Å². The molecule has 144 valence electrons. The molecule has 4 rings (SSSR count). The fraction of sp³-hybridized carbons (Fsp3) is 0.333. The Bertz CT molecular complexity index is 928. The first kappa shape index (κ1) is 18.7. The van der Waals surface area contributed by atoms with Gasteiger partial charge < -0.3 is 0 Å². The summed E-state index contributed by atoms with van der Waals surface area (Å²) in [6.45, 7) is 2.29. The van der Waals surface area contributed by atoms with E-state index in [4.69, 9.17) is 0 Å². The summed E-state index contributed by atoms with van der Waals surface area (Å²) in [5.41, 5.74) is 3.84. The molecule has 2 nitrogen and oxygen atoms in total. The molecule has 1 saturated carbocycles. The predicted octanol–water partition coefficient (Wildman–Crippen LogP) is 6.77. The number of hydrogen-bond donors (Lipinski definition) is 0. The van der Waals surface area contributed by atoms with Crippen LogP contribution < -0.4 is 0 Å². The van der Waals surface area contributed by atoms with Gasteiger partial charge in [-0.05, 0) is 66.8 Å². The second-order valence-corrected chi connectivity index (χ2v) is 7.67. The van der Waals surface area contributed by atoms with Gasteiger partial charge in [-0.15, -0.1) is 0 Å². The highest BCUT2D eigenvalue weighted by Crippen LogP contribution is 2.37. The van der Waals surface area contributed by atoms with E-state index in [1.165, 1.54) is 43.7 Å². The lowest BCUT2D eigenvalue weighted by molar-refractivity contribution is 0.319. The number of halogens is 2. The average molecular weight is 378 g/mol. The Kier molecular flexibility index (Phi) is 5.47. The maximum absolute atomic E-state index is 13.4. The van der Waals surface area contributed by atoms with Gasteiger partial charge in [0.1, 0.15) is 0 Å². The molecule has 0 saturated heterocycles. The van der Waals surface area contributed by atoms with Crippen LogP contribution in [0.1, 0.15) is 50.5 Å². The topological polar surface area (TPSA) is 25.8 Å². The minimum atomic E-state index is -0.895. The summed E-state index contributed by atoms with van der Waals surface area (Å²) in [4.78, 5) is 8.65.